The Kier molecular flexibility index (Phi) is 7.32. The fourth-order valence-corrected chi connectivity index (χ4v) is 4.81. The lowest BCUT2D eigenvalue weighted by Gasteiger charge is -2.18. The normalized spacial score (nSPS) is 13.2. The largest absolute Gasteiger partial charge is 0.497 e. The third kappa shape index (κ3) is 5.57. The van der Waals surface area contributed by atoms with E-state index in [0.717, 1.165) is 28.0 Å². The van der Waals surface area contributed by atoms with Crippen LogP contribution in [0.2, 0.25) is 0 Å². The molecule has 0 atom stereocenters. The van der Waals surface area contributed by atoms with Crippen molar-refractivity contribution < 1.29 is 19.0 Å². The molecule has 1 amide bonds. The number of hydrogen-bond acceptors (Lipinski definition) is 7. The summed E-state index contributed by atoms with van der Waals surface area (Å²) in [5.41, 5.74) is 4.34. The first-order valence-corrected chi connectivity index (χ1v) is 12.6. The summed E-state index contributed by atoms with van der Waals surface area (Å²) in [6.07, 6.45) is 2.56. The average molecular weight is 515 g/mol. The highest BCUT2D eigenvalue weighted by molar-refractivity contribution is 7.07. The van der Waals surface area contributed by atoms with Gasteiger partial charge in [-0.05, 0) is 48.4 Å². The molecule has 1 N–H and O–H groups in total. The van der Waals surface area contributed by atoms with Crippen LogP contribution < -0.4 is 24.3 Å². The minimum Gasteiger partial charge on any atom is -0.497 e. The van der Waals surface area contributed by atoms with Crippen molar-refractivity contribution in [1.29, 1.82) is 0 Å². The van der Waals surface area contributed by atoms with Crippen LogP contribution in [-0.4, -0.2) is 44.2 Å². The summed E-state index contributed by atoms with van der Waals surface area (Å²) < 4.78 is 18.2. The summed E-state index contributed by atoms with van der Waals surface area (Å²) in [6.45, 7) is 0.637. The van der Waals surface area contributed by atoms with Crippen molar-refractivity contribution in [2.24, 2.45) is 10.1 Å². The van der Waals surface area contributed by atoms with Crippen LogP contribution in [0.25, 0.3) is 11.3 Å². The first kappa shape index (κ1) is 24.3. The molecular weight excluding hydrogens is 488 g/mol. The quantitative estimate of drug-likeness (QED) is 0.349. The van der Waals surface area contributed by atoms with Gasteiger partial charge in [0, 0.05) is 23.1 Å². The summed E-state index contributed by atoms with van der Waals surface area (Å²) in [5.74, 6) is 1.85. The molecular formula is C28H26N4O4S. The molecule has 188 valence electrons. The molecule has 0 aliphatic carbocycles. The Morgan fingerprint density at radius 2 is 1.95 bits per heavy atom. The SMILES string of the molecule is COc1ccc(OC)c(C=Nn2c(-c3ccc4c(c3)NC(=O)CO4)csc2=NCCc2ccccc2)c1. The fourth-order valence-electron chi connectivity index (χ4n) is 3.95. The van der Waals surface area contributed by atoms with Gasteiger partial charge in [-0.2, -0.15) is 5.10 Å². The molecule has 0 unspecified atom stereocenters. The van der Waals surface area contributed by atoms with Gasteiger partial charge in [0.25, 0.3) is 5.91 Å². The Hall–Kier alpha value is -4.37. The van der Waals surface area contributed by atoms with E-state index in [4.69, 9.17) is 24.3 Å². The summed E-state index contributed by atoms with van der Waals surface area (Å²) in [7, 11) is 3.24. The number of nitrogens with one attached hydrogen (secondary N) is 1. The molecule has 0 bridgehead atoms. The number of benzene rings is 3. The number of fused-ring (bicyclic) bond motifs is 1. The number of carbonyl (C=O) groups excluding carboxylic acids is 1. The van der Waals surface area contributed by atoms with Gasteiger partial charge in [0.1, 0.15) is 17.2 Å². The van der Waals surface area contributed by atoms with Crippen LogP contribution in [0.15, 0.2) is 82.2 Å². The van der Waals surface area contributed by atoms with Crippen LogP contribution in [0.3, 0.4) is 0 Å². The van der Waals surface area contributed by atoms with Gasteiger partial charge in [-0.1, -0.05) is 30.3 Å². The van der Waals surface area contributed by atoms with Crippen LogP contribution in [-0.2, 0) is 11.2 Å². The van der Waals surface area contributed by atoms with Crippen LogP contribution in [0.5, 0.6) is 17.2 Å². The number of ether oxygens (including phenoxy) is 3. The van der Waals surface area contributed by atoms with Crippen molar-refractivity contribution in [2.45, 2.75) is 6.42 Å². The Balaban J connectivity index is 1.54. The molecule has 8 nitrogen and oxygen atoms in total. The summed E-state index contributed by atoms with van der Waals surface area (Å²) in [6, 6.07) is 21.5. The van der Waals surface area contributed by atoms with Gasteiger partial charge in [-0.25, -0.2) is 4.68 Å². The van der Waals surface area contributed by atoms with Crippen LogP contribution >= 0.6 is 11.3 Å². The number of thiazole rings is 1. The highest BCUT2D eigenvalue weighted by atomic mass is 32.1. The number of methoxy groups -OCH3 is 2. The van der Waals surface area contributed by atoms with Crippen LogP contribution in [0, 0.1) is 0 Å². The smallest absolute Gasteiger partial charge is 0.262 e. The van der Waals surface area contributed by atoms with Crippen molar-refractivity contribution in [2.75, 3.05) is 32.7 Å². The molecule has 4 aromatic rings. The molecule has 0 saturated carbocycles. The zero-order chi connectivity index (χ0) is 25.6. The van der Waals surface area contributed by atoms with E-state index in [1.54, 1.807) is 20.4 Å². The Labute approximate surface area is 218 Å². The Bertz CT molecular complexity index is 1510. The maximum atomic E-state index is 11.9. The summed E-state index contributed by atoms with van der Waals surface area (Å²) in [4.78, 5) is 17.5. The van der Waals surface area contributed by atoms with Gasteiger partial charge in [0.05, 0.1) is 31.8 Å². The molecule has 1 aliphatic heterocycles. The minimum absolute atomic E-state index is 0.0158. The van der Waals surface area contributed by atoms with Gasteiger partial charge in [-0.15, -0.1) is 11.3 Å². The predicted molar refractivity (Wildman–Crippen MR) is 145 cm³/mol. The van der Waals surface area contributed by atoms with Gasteiger partial charge < -0.3 is 19.5 Å². The maximum Gasteiger partial charge on any atom is 0.262 e. The van der Waals surface area contributed by atoms with E-state index in [-0.39, 0.29) is 12.5 Å². The molecule has 0 fully saturated rings. The van der Waals surface area contributed by atoms with Crippen LogP contribution in [0.4, 0.5) is 5.69 Å². The number of rotatable bonds is 8. The van der Waals surface area contributed by atoms with E-state index < -0.39 is 0 Å². The van der Waals surface area contributed by atoms with Crippen molar-refractivity contribution in [3.8, 4) is 28.5 Å². The van der Waals surface area contributed by atoms with E-state index in [1.807, 2.05) is 64.7 Å². The van der Waals surface area contributed by atoms with Crippen molar-refractivity contribution in [3.63, 3.8) is 0 Å². The second-order valence-electron chi connectivity index (χ2n) is 8.23. The molecule has 2 heterocycles. The first-order chi connectivity index (χ1) is 18.1. The average Bonchev–Trinajstić information content (AvgIpc) is 3.34. The van der Waals surface area contributed by atoms with E-state index in [0.29, 0.717) is 29.5 Å². The topological polar surface area (TPSA) is 86.4 Å². The number of nitrogens with zero attached hydrogens (tertiary/aromatic N) is 3. The van der Waals surface area contributed by atoms with Crippen molar-refractivity contribution in [3.05, 3.63) is 88.0 Å². The molecule has 0 radical (unpaired) electrons. The molecule has 3 aromatic carbocycles. The van der Waals surface area contributed by atoms with Gasteiger partial charge in [0.2, 0.25) is 4.80 Å². The van der Waals surface area contributed by atoms with E-state index in [2.05, 4.69) is 17.4 Å². The third-order valence-electron chi connectivity index (χ3n) is 5.83. The number of amides is 1. The zero-order valence-corrected chi connectivity index (χ0v) is 21.3. The molecule has 37 heavy (non-hydrogen) atoms. The molecule has 5 rings (SSSR count). The highest BCUT2D eigenvalue weighted by Gasteiger charge is 2.18. The second kappa shape index (κ2) is 11.1. The lowest BCUT2D eigenvalue weighted by molar-refractivity contribution is -0.118. The first-order valence-electron chi connectivity index (χ1n) is 11.7. The molecule has 1 aromatic heterocycles. The van der Waals surface area contributed by atoms with Crippen LogP contribution in [0.1, 0.15) is 11.1 Å². The lowest BCUT2D eigenvalue weighted by atomic mass is 10.1. The third-order valence-corrected chi connectivity index (χ3v) is 6.69. The molecule has 1 aliphatic rings. The minimum atomic E-state index is -0.178. The van der Waals surface area contributed by atoms with E-state index >= 15 is 0 Å². The van der Waals surface area contributed by atoms with E-state index in [9.17, 15) is 4.79 Å². The number of aromatic nitrogens is 1. The second-order valence-corrected chi connectivity index (χ2v) is 9.07. The number of carbonyl (C=O) groups is 1. The summed E-state index contributed by atoms with van der Waals surface area (Å²) in [5, 5.41) is 9.68. The van der Waals surface area contributed by atoms with Crippen molar-refractivity contribution in [1.82, 2.24) is 4.68 Å². The van der Waals surface area contributed by atoms with Crippen molar-refractivity contribution >= 4 is 29.1 Å². The summed E-state index contributed by atoms with van der Waals surface area (Å²) >= 11 is 1.50. The Morgan fingerprint density at radius 3 is 2.76 bits per heavy atom. The number of anilines is 1. The Morgan fingerprint density at radius 1 is 1.08 bits per heavy atom. The van der Waals surface area contributed by atoms with Gasteiger partial charge in [-0.3, -0.25) is 9.79 Å². The zero-order valence-electron chi connectivity index (χ0n) is 20.5. The van der Waals surface area contributed by atoms with Gasteiger partial charge >= 0.3 is 0 Å². The fraction of sp³-hybridized carbons (Fsp3) is 0.179. The molecule has 9 heteroatoms. The highest BCUT2D eigenvalue weighted by Crippen LogP contribution is 2.33. The van der Waals surface area contributed by atoms with E-state index in [1.165, 1.54) is 16.9 Å². The molecule has 0 spiro atoms. The van der Waals surface area contributed by atoms with Gasteiger partial charge in [0.15, 0.2) is 6.61 Å². The predicted octanol–water partition coefficient (Wildman–Crippen LogP) is 4.59. The molecule has 0 saturated heterocycles. The maximum absolute atomic E-state index is 11.9. The number of hydrogen-bond donors (Lipinski definition) is 1. The standard InChI is InChI=1S/C28H26N4O4S/c1-34-22-9-11-25(35-2)21(14-22)16-30-32-24(20-8-10-26-23(15-20)31-27(33)17-36-26)18-37-28(32)29-13-12-19-6-4-3-5-7-19/h3-11,14-16,18H,12-13,17H2,1-2H3,(H,31,33). The monoisotopic (exact) mass is 514 g/mol. The lowest BCUT2D eigenvalue weighted by Crippen LogP contribution is -2.25.